The maximum atomic E-state index is 12.6. The molecule has 15 nitrogen and oxygen atoms in total. The van der Waals surface area contributed by atoms with Gasteiger partial charge in [0.1, 0.15) is 12.6 Å². The van der Waals surface area contributed by atoms with Crippen LogP contribution in [-0.4, -0.2) is 148 Å². The van der Waals surface area contributed by atoms with E-state index >= 15 is 0 Å². The molecule has 2 aromatic carbocycles. The molecule has 1 atom stereocenters. The molecule has 1 aliphatic carbocycles. The van der Waals surface area contributed by atoms with Crippen LogP contribution in [0.3, 0.4) is 0 Å². The van der Waals surface area contributed by atoms with Crippen molar-refractivity contribution in [3.05, 3.63) is 59.7 Å². The van der Waals surface area contributed by atoms with Crippen molar-refractivity contribution >= 4 is 18.0 Å². The maximum absolute atomic E-state index is 12.6. The average molecular weight is 763 g/mol. The van der Waals surface area contributed by atoms with Crippen LogP contribution >= 0.6 is 0 Å². The molecule has 0 radical (unpaired) electrons. The first-order chi connectivity index (χ1) is 26.5. The van der Waals surface area contributed by atoms with Gasteiger partial charge in [-0.15, -0.1) is 0 Å². The molecule has 302 valence electrons. The maximum Gasteiger partial charge on any atom is 0.407 e. The van der Waals surface area contributed by atoms with Crippen molar-refractivity contribution in [3.8, 4) is 11.1 Å². The van der Waals surface area contributed by atoms with Crippen LogP contribution in [0.15, 0.2) is 48.5 Å². The number of ether oxygens (including phenoxy) is 9. The summed E-state index contributed by atoms with van der Waals surface area (Å²) in [6, 6.07) is 14.9. The zero-order chi connectivity index (χ0) is 38.5. The smallest absolute Gasteiger partial charge is 0.407 e. The van der Waals surface area contributed by atoms with E-state index in [4.69, 9.17) is 42.6 Å². The quantitative estimate of drug-likeness (QED) is 0.0903. The van der Waals surface area contributed by atoms with Gasteiger partial charge in [0.25, 0.3) is 0 Å². The van der Waals surface area contributed by atoms with Gasteiger partial charge in [-0.25, -0.2) is 9.59 Å². The number of benzene rings is 2. The fraction of sp³-hybridized carbons (Fsp3) is 0.615. The lowest BCUT2D eigenvalue weighted by Gasteiger charge is -2.17. The molecule has 0 bridgehead atoms. The number of methoxy groups -OCH3 is 1. The Hall–Kier alpha value is -3.67. The van der Waals surface area contributed by atoms with Gasteiger partial charge in [-0.05, 0) is 41.5 Å². The van der Waals surface area contributed by atoms with Gasteiger partial charge in [-0.3, -0.25) is 4.79 Å². The van der Waals surface area contributed by atoms with E-state index in [1.54, 1.807) is 7.11 Å². The van der Waals surface area contributed by atoms with Gasteiger partial charge >= 0.3 is 12.1 Å². The van der Waals surface area contributed by atoms with Crippen molar-refractivity contribution in [2.24, 2.45) is 0 Å². The number of nitrogens with one attached hydrogen (secondary N) is 2. The number of hydrogen-bond acceptors (Lipinski definition) is 12. The summed E-state index contributed by atoms with van der Waals surface area (Å²) in [5.41, 5.74) is 4.38. The number of aliphatic carboxylic acids is 1. The van der Waals surface area contributed by atoms with Gasteiger partial charge in [0.05, 0.1) is 99.1 Å². The van der Waals surface area contributed by atoms with Crippen LogP contribution in [-0.2, 0) is 52.2 Å². The minimum Gasteiger partial charge on any atom is -0.480 e. The van der Waals surface area contributed by atoms with Crippen LogP contribution in [0.4, 0.5) is 4.79 Å². The molecule has 15 heteroatoms. The summed E-state index contributed by atoms with van der Waals surface area (Å²) in [7, 11) is 1.63. The Labute approximate surface area is 318 Å². The van der Waals surface area contributed by atoms with Crippen LogP contribution in [0.5, 0.6) is 0 Å². The highest BCUT2D eigenvalue weighted by Crippen LogP contribution is 2.44. The first kappa shape index (κ1) is 44.7. The molecule has 3 rings (SSSR count). The molecule has 0 fully saturated rings. The summed E-state index contributed by atoms with van der Waals surface area (Å²) in [6.45, 7) is 7.46. The van der Waals surface area contributed by atoms with Gasteiger partial charge < -0.3 is 58.4 Å². The van der Waals surface area contributed by atoms with E-state index in [0.29, 0.717) is 112 Å². The van der Waals surface area contributed by atoms with Crippen molar-refractivity contribution in [3.63, 3.8) is 0 Å². The second-order valence-corrected chi connectivity index (χ2v) is 12.2. The van der Waals surface area contributed by atoms with E-state index in [2.05, 4.69) is 10.6 Å². The standard InChI is InChI=1S/C39H58N2O13/c1-46-16-17-48-20-21-50-24-25-52-28-29-53-27-26-51-23-22-49-19-18-47-15-13-37(42)40-14-7-6-12-36(38(43)44)41-39(45)54-30-35-33-10-4-2-8-31(33)32-9-3-5-11-34(32)35/h2-5,8-11,35-36H,6-7,12-30H2,1H3,(H,40,42)(H,41,45)(H,43,44)/t36-/m0/s1. The first-order valence-corrected chi connectivity index (χ1v) is 18.7. The number of carboxylic acids is 1. The number of alkyl carbamates (subject to hydrolysis) is 1. The number of rotatable bonds is 33. The molecule has 1 aliphatic rings. The molecule has 0 saturated carbocycles. The number of carbonyl (C=O) groups is 3. The lowest BCUT2D eigenvalue weighted by Crippen LogP contribution is -2.41. The third kappa shape index (κ3) is 18.6. The van der Waals surface area contributed by atoms with Crippen LogP contribution in [0.2, 0.25) is 0 Å². The highest BCUT2D eigenvalue weighted by molar-refractivity contribution is 5.81. The van der Waals surface area contributed by atoms with Crippen molar-refractivity contribution in [2.45, 2.75) is 37.6 Å². The molecule has 0 unspecified atom stereocenters. The lowest BCUT2D eigenvalue weighted by atomic mass is 9.98. The number of carboxylic acid groups (broad SMARTS) is 1. The van der Waals surface area contributed by atoms with E-state index in [1.165, 1.54) is 0 Å². The molecule has 0 spiro atoms. The summed E-state index contributed by atoms with van der Waals surface area (Å²) >= 11 is 0. The molecule has 54 heavy (non-hydrogen) atoms. The van der Waals surface area contributed by atoms with E-state index in [9.17, 15) is 19.5 Å². The molecule has 2 amide bonds. The highest BCUT2D eigenvalue weighted by atomic mass is 16.6. The number of amides is 2. The Balaban J connectivity index is 1.07. The fourth-order valence-corrected chi connectivity index (χ4v) is 5.56. The second kappa shape index (κ2) is 28.7. The van der Waals surface area contributed by atoms with Crippen molar-refractivity contribution in [2.75, 3.05) is 119 Å². The largest absolute Gasteiger partial charge is 0.480 e. The Morgan fingerprint density at radius 1 is 0.630 bits per heavy atom. The summed E-state index contributed by atoms with van der Waals surface area (Å²) < 4.78 is 48.4. The Bertz CT molecular complexity index is 1290. The third-order valence-corrected chi connectivity index (χ3v) is 8.31. The molecular formula is C39H58N2O13. The van der Waals surface area contributed by atoms with E-state index < -0.39 is 18.1 Å². The van der Waals surface area contributed by atoms with Gasteiger partial charge in [0, 0.05) is 26.0 Å². The Morgan fingerprint density at radius 2 is 1.07 bits per heavy atom. The Kier molecular flexibility index (Phi) is 23.8. The van der Waals surface area contributed by atoms with Crippen molar-refractivity contribution in [1.29, 1.82) is 0 Å². The van der Waals surface area contributed by atoms with Gasteiger partial charge in [-0.1, -0.05) is 48.5 Å². The topological polar surface area (TPSA) is 179 Å². The van der Waals surface area contributed by atoms with Crippen molar-refractivity contribution in [1.82, 2.24) is 10.6 Å². The van der Waals surface area contributed by atoms with Crippen molar-refractivity contribution < 1.29 is 62.1 Å². The van der Waals surface area contributed by atoms with Gasteiger partial charge in [-0.2, -0.15) is 0 Å². The monoisotopic (exact) mass is 762 g/mol. The third-order valence-electron chi connectivity index (χ3n) is 8.31. The van der Waals surface area contributed by atoms with Crippen LogP contribution in [0, 0.1) is 0 Å². The molecule has 0 heterocycles. The van der Waals surface area contributed by atoms with Crippen LogP contribution in [0.1, 0.15) is 42.7 Å². The normalized spacial score (nSPS) is 12.6. The first-order valence-electron chi connectivity index (χ1n) is 18.7. The van der Waals surface area contributed by atoms with Crippen LogP contribution in [0.25, 0.3) is 11.1 Å². The molecule has 2 aromatic rings. The summed E-state index contributed by atoms with van der Waals surface area (Å²) in [5.74, 6) is -1.41. The molecule has 0 saturated heterocycles. The summed E-state index contributed by atoms with van der Waals surface area (Å²) in [4.78, 5) is 36.4. The van der Waals surface area contributed by atoms with E-state index in [0.717, 1.165) is 22.3 Å². The number of unbranched alkanes of at least 4 members (excludes halogenated alkanes) is 1. The number of hydrogen-bond donors (Lipinski definition) is 3. The molecule has 0 aromatic heterocycles. The fourth-order valence-electron chi connectivity index (χ4n) is 5.56. The van der Waals surface area contributed by atoms with Gasteiger partial charge in [0.15, 0.2) is 0 Å². The minimum atomic E-state index is -1.14. The zero-order valence-corrected chi connectivity index (χ0v) is 31.5. The zero-order valence-electron chi connectivity index (χ0n) is 31.5. The number of fused-ring (bicyclic) bond motifs is 3. The highest BCUT2D eigenvalue weighted by Gasteiger charge is 2.29. The minimum absolute atomic E-state index is 0.102. The summed E-state index contributed by atoms with van der Waals surface area (Å²) in [6.07, 6.45) is 0.685. The Morgan fingerprint density at radius 3 is 1.54 bits per heavy atom. The summed E-state index contributed by atoms with van der Waals surface area (Å²) in [5, 5.41) is 14.9. The van der Waals surface area contributed by atoms with Gasteiger partial charge in [0.2, 0.25) is 5.91 Å². The number of carbonyl (C=O) groups excluding carboxylic acids is 2. The second-order valence-electron chi connectivity index (χ2n) is 12.2. The lowest BCUT2D eigenvalue weighted by molar-refractivity contribution is -0.139. The predicted octanol–water partition coefficient (Wildman–Crippen LogP) is 3.42. The SMILES string of the molecule is COCCOCCOCCOCCOCCOCCOCCOCCC(=O)NCCCC[C@H](NC(=O)OCC1c2ccccc2-c2ccccc21)C(=O)O. The molecular weight excluding hydrogens is 704 g/mol. The molecule has 0 aliphatic heterocycles. The predicted molar refractivity (Wildman–Crippen MR) is 199 cm³/mol. The van der Waals surface area contributed by atoms with Crippen LogP contribution < -0.4 is 10.6 Å². The van der Waals surface area contributed by atoms with E-state index in [1.807, 2.05) is 48.5 Å². The van der Waals surface area contributed by atoms with E-state index in [-0.39, 0.29) is 37.9 Å². The molecule has 3 N–H and O–H groups in total. The average Bonchev–Trinajstić information content (AvgIpc) is 3.50.